The minimum absolute atomic E-state index is 0.0570. The Kier molecular flexibility index (Phi) is 4.18. The SMILES string of the molecule is Cc1cccc(N2C(=O)C(C(C)C)NC(=O)C2C)c1Br. The van der Waals surface area contributed by atoms with Crippen LogP contribution in [0, 0.1) is 12.8 Å². The summed E-state index contributed by atoms with van der Waals surface area (Å²) < 4.78 is 0.859. The number of anilines is 1. The maximum Gasteiger partial charge on any atom is 0.250 e. The van der Waals surface area contributed by atoms with E-state index in [-0.39, 0.29) is 17.7 Å². The quantitative estimate of drug-likeness (QED) is 0.901. The molecule has 1 aliphatic rings. The Balaban J connectivity index is 2.49. The van der Waals surface area contributed by atoms with Gasteiger partial charge in [0, 0.05) is 4.47 Å². The molecule has 1 aromatic rings. The van der Waals surface area contributed by atoms with Crippen molar-refractivity contribution < 1.29 is 9.59 Å². The van der Waals surface area contributed by atoms with Crippen LogP contribution in [-0.2, 0) is 9.59 Å². The molecule has 4 nitrogen and oxygen atoms in total. The summed E-state index contributed by atoms with van der Waals surface area (Å²) in [6.07, 6.45) is 0. The normalized spacial score (nSPS) is 23.2. The van der Waals surface area contributed by atoms with Crippen molar-refractivity contribution in [2.24, 2.45) is 5.92 Å². The number of rotatable bonds is 2. The van der Waals surface area contributed by atoms with Gasteiger partial charge in [-0.15, -0.1) is 0 Å². The average Bonchev–Trinajstić information content (AvgIpc) is 2.38. The van der Waals surface area contributed by atoms with Gasteiger partial charge >= 0.3 is 0 Å². The number of nitrogens with zero attached hydrogens (tertiary/aromatic N) is 1. The largest absolute Gasteiger partial charge is 0.342 e. The predicted octanol–water partition coefficient (Wildman–Crippen LogP) is 2.63. The van der Waals surface area contributed by atoms with E-state index in [1.807, 2.05) is 39.0 Å². The summed E-state index contributed by atoms with van der Waals surface area (Å²) in [7, 11) is 0. The summed E-state index contributed by atoms with van der Waals surface area (Å²) in [5, 5.41) is 2.80. The van der Waals surface area contributed by atoms with E-state index < -0.39 is 12.1 Å². The lowest BCUT2D eigenvalue weighted by Gasteiger charge is -2.39. The third-order valence-corrected chi connectivity index (χ3v) is 4.70. The fourth-order valence-corrected chi connectivity index (χ4v) is 2.85. The van der Waals surface area contributed by atoms with Crippen LogP contribution in [0.2, 0.25) is 0 Å². The average molecular weight is 339 g/mol. The van der Waals surface area contributed by atoms with Gasteiger partial charge in [0.1, 0.15) is 12.1 Å². The van der Waals surface area contributed by atoms with Crippen molar-refractivity contribution >= 4 is 33.4 Å². The first-order valence-electron chi connectivity index (χ1n) is 6.73. The summed E-state index contributed by atoms with van der Waals surface area (Å²) in [5.74, 6) is -0.111. The van der Waals surface area contributed by atoms with Gasteiger partial charge in [-0.25, -0.2) is 0 Å². The van der Waals surface area contributed by atoms with Crippen molar-refractivity contribution in [2.75, 3.05) is 4.90 Å². The molecule has 2 unspecified atom stereocenters. The predicted molar refractivity (Wildman–Crippen MR) is 82.6 cm³/mol. The molecular weight excluding hydrogens is 320 g/mol. The first-order chi connectivity index (χ1) is 9.34. The molecule has 1 saturated heterocycles. The highest BCUT2D eigenvalue weighted by Gasteiger charge is 2.40. The van der Waals surface area contributed by atoms with E-state index in [0.29, 0.717) is 0 Å². The second-order valence-corrected chi connectivity index (χ2v) is 6.32. The van der Waals surface area contributed by atoms with Gasteiger partial charge in [0.25, 0.3) is 5.91 Å². The fraction of sp³-hybridized carbons (Fsp3) is 0.467. The van der Waals surface area contributed by atoms with Crippen LogP contribution in [0.3, 0.4) is 0 Å². The number of piperazine rings is 1. The Labute approximate surface area is 127 Å². The van der Waals surface area contributed by atoms with E-state index in [1.54, 1.807) is 11.8 Å². The highest BCUT2D eigenvalue weighted by atomic mass is 79.9. The van der Waals surface area contributed by atoms with Gasteiger partial charge < -0.3 is 5.32 Å². The molecule has 0 aliphatic carbocycles. The molecule has 1 N–H and O–H groups in total. The fourth-order valence-electron chi connectivity index (χ4n) is 2.39. The summed E-state index contributed by atoms with van der Waals surface area (Å²) in [5.41, 5.74) is 1.79. The van der Waals surface area contributed by atoms with Crippen molar-refractivity contribution in [3.63, 3.8) is 0 Å². The monoisotopic (exact) mass is 338 g/mol. The van der Waals surface area contributed by atoms with Crippen LogP contribution < -0.4 is 10.2 Å². The van der Waals surface area contributed by atoms with Crippen LogP contribution in [0.25, 0.3) is 0 Å². The zero-order valence-electron chi connectivity index (χ0n) is 12.1. The van der Waals surface area contributed by atoms with Crippen LogP contribution in [-0.4, -0.2) is 23.9 Å². The molecule has 1 heterocycles. The van der Waals surface area contributed by atoms with Crippen LogP contribution >= 0.6 is 15.9 Å². The molecule has 0 spiro atoms. The number of hydrogen-bond donors (Lipinski definition) is 1. The zero-order chi connectivity index (χ0) is 15.0. The maximum atomic E-state index is 12.7. The van der Waals surface area contributed by atoms with Crippen molar-refractivity contribution in [1.29, 1.82) is 0 Å². The van der Waals surface area contributed by atoms with Crippen LogP contribution in [0.5, 0.6) is 0 Å². The van der Waals surface area contributed by atoms with Crippen LogP contribution in [0.1, 0.15) is 26.3 Å². The Morgan fingerprint density at radius 1 is 1.30 bits per heavy atom. The Morgan fingerprint density at radius 3 is 2.55 bits per heavy atom. The van der Waals surface area contributed by atoms with E-state index in [4.69, 9.17) is 0 Å². The van der Waals surface area contributed by atoms with Gasteiger partial charge in [-0.3, -0.25) is 14.5 Å². The Morgan fingerprint density at radius 2 is 1.95 bits per heavy atom. The molecule has 0 bridgehead atoms. The van der Waals surface area contributed by atoms with E-state index in [2.05, 4.69) is 21.2 Å². The van der Waals surface area contributed by atoms with Crippen molar-refractivity contribution in [1.82, 2.24) is 5.32 Å². The smallest absolute Gasteiger partial charge is 0.250 e. The molecule has 1 aliphatic heterocycles. The van der Waals surface area contributed by atoms with Crippen molar-refractivity contribution in [3.8, 4) is 0 Å². The summed E-state index contributed by atoms with van der Waals surface area (Å²) in [6.45, 7) is 7.58. The summed E-state index contributed by atoms with van der Waals surface area (Å²) >= 11 is 3.52. The molecule has 0 aromatic heterocycles. The van der Waals surface area contributed by atoms with E-state index in [0.717, 1.165) is 15.7 Å². The number of carbonyl (C=O) groups is 2. The van der Waals surface area contributed by atoms with Crippen LogP contribution in [0.4, 0.5) is 5.69 Å². The lowest BCUT2D eigenvalue weighted by molar-refractivity contribution is -0.134. The van der Waals surface area contributed by atoms with E-state index >= 15 is 0 Å². The molecule has 0 radical (unpaired) electrons. The summed E-state index contributed by atoms with van der Waals surface area (Å²) in [4.78, 5) is 26.4. The number of carbonyl (C=O) groups excluding carboxylic acids is 2. The lowest BCUT2D eigenvalue weighted by atomic mass is 9.97. The van der Waals surface area contributed by atoms with Crippen LogP contribution in [0.15, 0.2) is 22.7 Å². The zero-order valence-corrected chi connectivity index (χ0v) is 13.7. The first-order valence-corrected chi connectivity index (χ1v) is 7.52. The number of nitrogens with one attached hydrogen (secondary N) is 1. The van der Waals surface area contributed by atoms with E-state index in [1.165, 1.54) is 0 Å². The highest BCUT2D eigenvalue weighted by Crippen LogP contribution is 2.32. The number of halogens is 1. The molecular formula is C15H19BrN2O2. The van der Waals surface area contributed by atoms with Gasteiger partial charge in [0.2, 0.25) is 5.91 Å². The minimum Gasteiger partial charge on any atom is -0.342 e. The summed E-state index contributed by atoms with van der Waals surface area (Å²) in [6, 6.07) is 4.75. The molecule has 2 atom stereocenters. The molecule has 2 amide bonds. The lowest BCUT2D eigenvalue weighted by Crippen LogP contribution is -2.64. The van der Waals surface area contributed by atoms with Gasteiger partial charge in [-0.1, -0.05) is 26.0 Å². The number of hydrogen-bond acceptors (Lipinski definition) is 2. The van der Waals surface area contributed by atoms with Gasteiger partial charge in [-0.2, -0.15) is 0 Å². The highest BCUT2D eigenvalue weighted by molar-refractivity contribution is 9.10. The van der Waals surface area contributed by atoms with Gasteiger partial charge in [-0.05, 0) is 47.3 Å². The standard InChI is InChI=1S/C15H19BrN2O2/c1-8(2)13-15(20)18(10(4)14(19)17-13)11-7-5-6-9(3)12(11)16/h5-8,10,13H,1-4H3,(H,17,19). The Bertz CT molecular complexity index is 557. The first kappa shape index (κ1) is 15.0. The molecule has 0 saturated carbocycles. The molecule has 1 aromatic carbocycles. The van der Waals surface area contributed by atoms with Gasteiger partial charge in [0.15, 0.2) is 0 Å². The molecule has 1 fully saturated rings. The van der Waals surface area contributed by atoms with Gasteiger partial charge in [0.05, 0.1) is 5.69 Å². The topological polar surface area (TPSA) is 49.4 Å². The van der Waals surface area contributed by atoms with Crippen molar-refractivity contribution in [2.45, 2.75) is 39.8 Å². The van der Waals surface area contributed by atoms with E-state index in [9.17, 15) is 9.59 Å². The second-order valence-electron chi connectivity index (χ2n) is 5.52. The molecule has 108 valence electrons. The third-order valence-electron chi connectivity index (χ3n) is 3.67. The maximum absolute atomic E-state index is 12.7. The number of benzene rings is 1. The number of amides is 2. The minimum atomic E-state index is -0.504. The second kappa shape index (κ2) is 5.56. The van der Waals surface area contributed by atoms with Crippen molar-refractivity contribution in [3.05, 3.63) is 28.2 Å². The third kappa shape index (κ3) is 2.46. The Hall–Kier alpha value is -1.36. The molecule has 20 heavy (non-hydrogen) atoms. The number of aryl methyl sites for hydroxylation is 1. The molecule has 5 heteroatoms. The molecule has 2 rings (SSSR count).